The molecule has 5 rings (SSSR count). The smallest absolute Gasteiger partial charge is 0.254 e. The van der Waals surface area contributed by atoms with Gasteiger partial charge in [0.15, 0.2) is 0 Å². The highest BCUT2D eigenvalue weighted by atomic mass is 16.5. The second kappa shape index (κ2) is 8.86. The van der Waals surface area contributed by atoms with E-state index in [4.69, 9.17) is 9.47 Å². The van der Waals surface area contributed by atoms with E-state index in [0.717, 1.165) is 38.2 Å². The van der Waals surface area contributed by atoms with Crippen molar-refractivity contribution in [1.29, 1.82) is 0 Å². The number of ether oxygens (including phenoxy) is 2. The standard InChI is InChI=1S/C25H25N3O3/c29-25(28-16-20-4-1-2-5-21(20)17-28)19-7-9-22(10-8-19)31-24-23(26-12-13-27-24)18-6-3-14-30-15-11-18/h1-2,4-5,7-10,12-13,18H,3,6,11,14-17H2. The van der Waals surface area contributed by atoms with E-state index in [0.29, 0.717) is 30.3 Å². The Morgan fingerprint density at radius 1 is 0.935 bits per heavy atom. The molecule has 1 unspecified atom stereocenters. The largest absolute Gasteiger partial charge is 0.437 e. The maximum absolute atomic E-state index is 12.9. The summed E-state index contributed by atoms with van der Waals surface area (Å²) in [5.74, 6) is 1.49. The van der Waals surface area contributed by atoms with Gasteiger partial charge in [0.2, 0.25) is 5.88 Å². The lowest BCUT2D eigenvalue weighted by Gasteiger charge is -2.17. The number of aromatic nitrogens is 2. The van der Waals surface area contributed by atoms with Crippen molar-refractivity contribution in [1.82, 2.24) is 14.9 Å². The molecule has 1 amide bonds. The van der Waals surface area contributed by atoms with Crippen LogP contribution in [0.15, 0.2) is 60.9 Å². The molecule has 6 heteroatoms. The Labute approximate surface area is 181 Å². The number of fused-ring (bicyclic) bond motifs is 1. The number of carbonyl (C=O) groups is 1. The average Bonchev–Trinajstić information content (AvgIpc) is 3.06. The van der Waals surface area contributed by atoms with Gasteiger partial charge < -0.3 is 14.4 Å². The summed E-state index contributed by atoms with van der Waals surface area (Å²) in [7, 11) is 0. The lowest BCUT2D eigenvalue weighted by Crippen LogP contribution is -2.25. The fourth-order valence-electron chi connectivity index (χ4n) is 4.31. The summed E-state index contributed by atoms with van der Waals surface area (Å²) in [6.45, 7) is 2.84. The number of rotatable bonds is 4. The summed E-state index contributed by atoms with van der Waals surface area (Å²) >= 11 is 0. The SMILES string of the molecule is O=C(c1ccc(Oc2nccnc2C2CCCOCC2)cc1)N1Cc2ccccc2C1. The molecule has 0 aliphatic carbocycles. The maximum atomic E-state index is 12.9. The fourth-order valence-corrected chi connectivity index (χ4v) is 4.31. The first-order valence-corrected chi connectivity index (χ1v) is 10.8. The molecule has 1 atom stereocenters. The van der Waals surface area contributed by atoms with E-state index in [1.165, 1.54) is 11.1 Å². The number of hydrogen-bond donors (Lipinski definition) is 0. The molecule has 0 bridgehead atoms. The number of amides is 1. The van der Waals surface area contributed by atoms with Gasteiger partial charge in [-0.25, -0.2) is 4.98 Å². The van der Waals surface area contributed by atoms with Crippen LogP contribution in [0.25, 0.3) is 0 Å². The van der Waals surface area contributed by atoms with Crippen molar-refractivity contribution in [3.8, 4) is 11.6 Å². The minimum atomic E-state index is 0.0291. The number of benzene rings is 2. The van der Waals surface area contributed by atoms with Gasteiger partial charge in [0, 0.05) is 50.2 Å². The number of nitrogens with zero attached hydrogens (tertiary/aromatic N) is 3. The Bertz CT molecular complexity index is 1030. The van der Waals surface area contributed by atoms with Crippen molar-refractivity contribution in [2.75, 3.05) is 13.2 Å². The first kappa shape index (κ1) is 19.7. The van der Waals surface area contributed by atoms with Crippen LogP contribution in [0.4, 0.5) is 0 Å². The fraction of sp³-hybridized carbons (Fsp3) is 0.320. The first-order chi connectivity index (χ1) is 15.3. The van der Waals surface area contributed by atoms with Crippen LogP contribution in [0.3, 0.4) is 0 Å². The van der Waals surface area contributed by atoms with Gasteiger partial charge in [0.1, 0.15) is 11.4 Å². The Morgan fingerprint density at radius 2 is 1.68 bits per heavy atom. The lowest BCUT2D eigenvalue weighted by molar-refractivity contribution is 0.0751. The van der Waals surface area contributed by atoms with Crippen molar-refractivity contribution in [3.05, 3.63) is 83.3 Å². The molecule has 2 aromatic carbocycles. The summed E-state index contributed by atoms with van der Waals surface area (Å²) < 4.78 is 11.7. The van der Waals surface area contributed by atoms with Crippen molar-refractivity contribution in [2.24, 2.45) is 0 Å². The number of hydrogen-bond acceptors (Lipinski definition) is 5. The van der Waals surface area contributed by atoms with Gasteiger partial charge >= 0.3 is 0 Å². The van der Waals surface area contributed by atoms with Crippen molar-refractivity contribution in [2.45, 2.75) is 38.3 Å². The first-order valence-electron chi connectivity index (χ1n) is 10.8. The molecule has 0 saturated carbocycles. The van der Waals surface area contributed by atoms with Gasteiger partial charge in [-0.3, -0.25) is 9.78 Å². The zero-order chi connectivity index (χ0) is 21.0. The average molecular weight is 415 g/mol. The van der Waals surface area contributed by atoms with Gasteiger partial charge in [0.25, 0.3) is 5.91 Å². The van der Waals surface area contributed by atoms with Crippen molar-refractivity contribution in [3.63, 3.8) is 0 Å². The van der Waals surface area contributed by atoms with E-state index in [9.17, 15) is 4.79 Å². The third kappa shape index (κ3) is 4.30. The van der Waals surface area contributed by atoms with Gasteiger partial charge in [-0.15, -0.1) is 0 Å². The van der Waals surface area contributed by atoms with Crippen LogP contribution in [0, 0.1) is 0 Å². The summed E-state index contributed by atoms with van der Waals surface area (Å²) in [6.07, 6.45) is 6.30. The van der Waals surface area contributed by atoms with E-state index < -0.39 is 0 Å². The van der Waals surface area contributed by atoms with Crippen LogP contribution in [0.1, 0.15) is 52.4 Å². The van der Waals surface area contributed by atoms with Gasteiger partial charge in [-0.05, 0) is 54.7 Å². The molecule has 1 aromatic heterocycles. The van der Waals surface area contributed by atoms with Gasteiger partial charge in [-0.1, -0.05) is 24.3 Å². The van der Waals surface area contributed by atoms with E-state index >= 15 is 0 Å². The van der Waals surface area contributed by atoms with Gasteiger partial charge in [0.05, 0.1) is 0 Å². The van der Waals surface area contributed by atoms with Crippen molar-refractivity contribution >= 4 is 5.91 Å². The predicted molar refractivity (Wildman–Crippen MR) is 116 cm³/mol. The number of carbonyl (C=O) groups excluding carboxylic acids is 1. The van der Waals surface area contributed by atoms with Crippen LogP contribution < -0.4 is 4.74 Å². The summed E-state index contributed by atoms with van der Waals surface area (Å²) in [6, 6.07) is 15.5. The third-order valence-electron chi connectivity index (χ3n) is 5.97. The molecule has 0 radical (unpaired) electrons. The van der Waals surface area contributed by atoms with E-state index in [-0.39, 0.29) is 11.8 Å². The summed E-state index contributed by atoms with van der Waals surface area (Å²) in [5.41, 5.74) is 3.97. The molecule has 31 heavy (non-hydrogen) atoms. The molecule has 2 aliphatic rings. The highest BCUT2D eigenvalue weighted by Crippen LogP contribution is 2.33. The minimum absolute atomic E-state index is 0.0291. The predicted octanol–water partition coefficient (Wildman–Crippen LogP) is 4.71. The monoisotopic (exact) mass is 415 g/mol. The third-order valence-corrected chi connectivity index (χ3v) is 5.97. The molecule has 158 valence electrons. The van der Waals surface area contributed by atoms with E-state index in [1.54, 1.807) is 12.4 Å². The van der Waals surface area contributed by atoms with Crippen LogP contribution in [0.5, 0.6) is 11.6 Å². The zero-order valence-corrected chi connectivity index (χ0v) is 17.4. The Balaban J connectivity index is 1.29. The second-order valence-electron chi connectivity index (χ2n) is 8.04. The molecule has 6 nitrogen and oxygen atoms in total. The second-order valence-corrected chi connectivity index (χ2v) is 8.04. The van der Waals surface area contributed by atoms with E-state index in [1.807, 2.05) is 41.3 Å². The van der Waals surface area contributed by atoms with Crippen LogP contribution in [-0.2, 0) is 17.8 Å². The van der Waals surface area contributed by atoms with Crippen LogP contribution in [-0.4, -0.2) is 34.0 Å². The van der Waals surface area contributed by atoms with Crippen LogP contribution in [0.2, 0.25) is 0 Å². The molecule has 1 saturated heterocycles. The lowest BCUT2D eigenvalue weighted by atomic mass is 9.97. The normalized spacial score (nSPS) is 18.3. The molecule has 0 spiro atoms. The zero-order valence-electron chi connectivity index (χ0n) is 17.4. The molecule has 1 fully saturated rings. The molecular weight excluding hydrogens is 390 g/mol. The van der Waals surface area contributed by atoms with Crippen molar-refractivity contribution < 1.29 is 14.3 Å². The quantitative estimate of drug-likeness (QED) is 0.618. The highest BCUT2D eigenvalue weighted by Gasteiger charge is 2.24. The molecule has 0 N–H and O–H groups in total. The van der Waals surface area contributed by atoms with E-state index in [2.05, 4.69) is 22.1 Å². The summed E-state index contributed by atoms with van der Waals surface area (Å²) in [4.78, 5) is 23.8. The Kier molecular flexibility index (Phi) is 5.63. The minimum Gasteiger partial charge on any atom is -0.437 e. The Hall–Kier alpha value is -3.25. The highest BCUT2D eigenvalue weighted by molar-refractivity contribution is 5.94. The molecule has 3 heterocycles. The summed E-state index contributed by atoms with van der Waals surface area (Å²) in [5, 5.41) is 0. The van der Waals surface area contributed by atoms with Gasteiger partial charge in [-0.2, -0.15) is 0 Å². The topological polar surface area (TPSA) is 64.5 Å². The molecule has 2 aliphatic heterocycles. The Morgan fingerprint density at radius 3 is 2.45 bits per heavy atom. The maximum Gasteiger partial charge on any atom is 0.254 e. The molecular formula is C25H25N3O3. The molecule has 3 aromatic rings. The van der Waals surface area contributed by atoms with Crippen LogP contribution >= 0.6 is 0 Å².